The lowest BCUT2D eigenvalue weighted by Crippen LogP contribution is -2.28. The van der Waals surface area contributed by atoms with Crippen molar-refractivity contribution < 1.29 is 19.0 Å². The molecule has 0 fully saturated rings. The first kappa shape index (κ1) is 25.2. The molecular weight excluding hydrogens is 474 g/mol. The molecule has 0 saturated heterocycles. The second-order valence-electron chi connectivity index (χ2n) is 8.39. The van der Waals surface area contributed by atoms with E-state index in [0.717, 1.165) is 16.7 Å². The van der Waals surface area contributed by atoms with Gasteiger partial charge in [0, 0.05) is 37.1 Å². The van der Waals surface area contributed by atoms with E-state index in [9.17, 15) is 4.79 Å². The molecule has 0 N–H and O–H groups in total. The highest BCUT2D eigenvalue weighted by molar-refractivity contribution is 7.07. The number of rotatable bonds is 10. The van der Waals surface area contributed by atoms with Crippen LogP contribution in [-0.2, 0) is 12.8 Å². The summed E-state index contributed by atoms with van der Waals surface area (Å²) in [6, 6.07) is 21.3. The van der Waals surface area contributed by atoms with E-state index in [1.807, 2.05) is 67.6 Å². The maximum atomic E-state index is 13.1. The largest absolute Gasteiger partial charge is 0.493 e. The van der Waals surface area contributed by atoms with Gasteiger partial charge in [-0.2, -0.15) is 9.36 Å². The van der Waals surface area contributed by atoms with Crippen LogP contribution in [0.4, 0.5) is 0 Å². The van der Waals surface area contributed by atoms with E-state index >= 15 is 0 Å². The smallest absolute Gasteiger partial charge is 0.298 e. The third-order valence-electron chi connectivity index (χ3n) is 5.82. The number of methoxy groups -OCH3 is 2. The third-order valence-corrected chi connectivity index (χ3v) is 6.45. The van der Waals surface area contributed by atoms with E-state index in [4.69, 9.17) is 14.2 Å². The van der Waals surface area contributed by atoms with Gasteiger partial charge in [-0.3, -0.25) is 4.79 Å². The Morgan fingerprint density at radius 2 is 1.69 bits per heavy atom. The lowest BCUT2D eigenvalue weighted by Gasteiger charge is -2.18. The second kappa shape index (κ2) is 11.7. The molecule has 0 aliphatic carbocycles. The van der Waals surface area contributed by atoms with Gasteiger partial charge in [-0.05, 0) is 54.3 Å². The third kappa shape index (κ3) is 6.20. The molecule has 0 saturated carbocycles. The van der Waals surface area contributed by atoms with Crippen LogP contribution in [0.5, 0.6) is 22.4 Å². The summed E-state index contributed by atoms with van der Waals surface area (Å²) >= 11 is 1.21. The van der Waals surface area contributed by atoms with Crippen LogP contribution in [-0.4, -0.2) is 48.0 Å². The SMILES string of the molecule is COc1ccc(CCN(C)C(=O)c2ccc(C)c(Oc3nc(Cc4ccccc4)ns3)c2)cc1OC. The molecule has 8 heteroatoms. The van der Waals surface area contributed by atoms with Crippen LogP contribution < -0.4 is 14.2 Å². The zero-order chi connectivity index (χ0) is 25.5. The zero-order valence-electron chi connectivity index (χ0n) is 20.9. The van der Waals surface area contributed by atoms with Gasteiger partial charge in [0.15, 0.2) is 17.3 Å². The van der Waals surface area contributed by atoms with Gasteiger partial charge in [0.2, 0.25) is 0 Å². The number of ether oxygens (including phenoxy) is 3. The minimum Gasteiger partial charge on any atom is -0.493 e. The molecule has 7 nitrogen and oxygen atoms in total. The van der Waals surface area contributed by atoms with Crippen LogP contribution in [0.2, 0.25) is 0 Å². The highest BCUT2D eigenvalue weighted by atomic mass is 32.1. The molecule has 0 unspecified atom stereocenters. The van der Waals surface area contributed by atoms with E-state index < -0.39 is 0 Å². The van der Waals surface area contributed by atoms with Gasteiger partial charge in [-0.25, -0.2) is 0 Å². The molecule has 0 aliphatic rings. The number of benzene rings is 3. The van der Waals surface area contributed by atoms with Crippen molar-refractivity contribution in [1.82, 2.24) is 14.3 Å². The van der Waals surface area contributed by atoms with Crippen LogP contribution in [0.15, 0.2) is 66.7 Å². The fourth-order valence-corrected chi connectivity index (χ4v) is 4.28. The minimum absolute atomic E-state index is 0.0812. The van der Waals surface area contributed by atoms with Crippen molar-refractivity contribution in [1.29, 1.82) is 0 Å². The monoisotopic (exact) mass is 503 g/mol. The molecule has 0 atom stereocenters. The average molecular weight is 504 g/mol. The van der Waals surface area contributed by atoms with E-state index in [1.54, 1.807) is 32.2 Å². The first-order chi connectivity index (χ1) is 17.5. The summed E-state index contributed by atoms with van der Waals surface area (Å²) in [5, 5.41) is 0.454. The number of nitrogens with zero attached hydrogens (tertiary/aromatic N) is 3. The normalized spacial score (nSPS) is 10.7. The molecule has 0 bridgehead atoms. The zero-order valence-corrected chi connectivity index (χ0v) is 21.7. The van der Waals surface area contributed by atoms with Crippen molar-refractivity contribution in [2.45, 2.75) is 19.8 Å². The molecule has 0 aliphatic heterocycles. The van der Waals surface area contributed by atoms with Crippen molar-refractivity contribution in [2.24, 2.45) is 0 Å². The Kier molecular flexibility index (Phi) is 8.17. The maximum absolute atomic E-state index is 13.1. The van der Waals surface area contributed by atoms with Crippen molar-refractivity contribution >= 4 is 17.4 Å². The molecule has 1 heterocycles. The first-order valence-electron chi connectivity index (χ1n) is 11.6. The first-order valence-corrected chi connectivity index (χ1v) is 12.4. The number of likely N-dealkylation sites (N-methyl/N-ethyl adjacent to an activating group) is 1. The van der Waals surface area contributed by atoms with Gasteiger partial charge in [0.1, 0.15) is 5.75 Å². The highest BCUT2D eigenvalue weighted by Gasteiger charge is 2.16. The van der Waals surface area contributed by atoms with E-state index in [2.05, 4.69) is 9.36 Å². The maximum Gasteiger partial charge on any atom is 0.298 e. The van der Waals surface area contributed by atoms with Crippen molar-refractivity contribution in [2.75, 3.05) is 27.8 Å². The minimum atomic E-state index is -0.0812. The van der Waals surface area contributed by atoms with Crippen molar-refractivity contribution in [3.05, 3.63) is 94.8 Å². The Morgan fingerprint density at radius 1 is 0.917 bits per heavy atom. The van der Waals surface area contributed by atoms with Gasteiger partial charge in [-0.1, -0.05) is 42.5 Å². The van der Waals surface area contributed by atoms with E-state index in [1.165, 1.54) is 11.5 Å². The van der Waals surface area contributed by atoms with Crippen LogP contribution in [0, 0.1) is 6.92 Å². The molecule has 1 amide bonds. The fraction of sp³-hybridized carbons (Fsp3) is 0.250. The fourth-order valence-electron chi connectivity index (χ4n) is 3.72. The molecule has 4 aromatic rings. The van der Waals surface area contributed by atoms with Crippen molar-refractivity contribution in [3.63, 3.8) is 0 Å². The second-order valence-corrected chi connectivity index (χ2v) is 9.10. The van der Waals surface area contributed by atoms with Crippen LogP contribution >= 0.6 is 11.5 Å². The van der Waals surface area contributed by atoms with Crippen LogP contribution in [0.25, 0.3) is 0 Å². The number of hydrogen-bond donors (Lipinski definition) is 0. The molecule has 0 spiro atoms. The molecule has 4 rings (SSSR count). The topological polar surface area (TPSA) is 73.8 Å². The average Bonchev–Trinajstić information content (AvgIpc) is 3.34. The van der Waals surface area contributed by atoms with Gasteiger partial charge in [0.25, 0.3) is 11.1 Å². The summed E-state index contributed by atoms with van der Waals surface area (Å²) in [4.78, 5) is 19.3. The Balaban J connectivity index is 1.40. The standard InChI is InChI=1S/C28H29N3O4S/c1-19-10-12-22(27(32)31(2)15-14-21-11-13-23(33-3)25(16-21)34-4)18-24(19)35-28-29-26(30-36-28)17-20-8-6-5-7-9-20/h5-13,16,18H,14-15,17H2,1-4H3. The number of carbonyl (C=O) groups excluding carboxylic acids is 1. The van der Waals surface area contributed by atoms with Crippen molar-refractivity contribution in [3.8, 4) is 22.4 Å². The number of hydrogen-bond acceptors (Lipinski definition) is 7. The molecule has 186 valence electrons. The summed E-state index contributed by atoms with van der Waals surface area (Å²) in [6.07, 6.45) is 1.33. The predicted molar refractivity (Wildman–Crippen MR) is 141 cm³/mol. The molecule has 1 aromatic heterocycles. The molecular formula is C28H29N3O4S. The molecule has 0 radical (unpaired) electrons. The van der Waals surface area contributed by atoms with Gasteiger partial charge in [0.05, 0.1) is 14.2 Å². The summed E-state index contributed by atoms with van der Waals surface area (Å²) in [6.45, 7) is 2.49. The summed E-state index contributed by atoms with van der Waals surface area (Å²) in [5.74, 6) is 2.58. The van der Waals surface area contributed by atoms with Gasteiger partial charge >= 0.3 is 0 Å². The summed E-state index contributed by atoms with van der Waals surface area (Å²) < 4.78 is 21.1. The summed E-state index contributed by atoms with van der Waals surface area (Å²) in [7, 11) is 5.02. The Morgan fingerprint density at radius 3 is 2.44 bits per heavy atom. The van der Waals surface area contributed by atoms with Crippen LogP contribution in [0.1, 0.15) is 32.9 Å². The quantitative estimate of drug-likeness (QED) is 0.282. The van der Waals surface area contributed by atoms with E-state index in [-0.39, 0.29) is 5.91 Å². The molecule has 36 heavy (non-hydrogen) atoms. The van der Waals surface area contributed by atoms with Gasteiger partial charge < -0.3 is 19.1 Å². The molecule has 3 aromatic carbocycles. The Bertz CT molecular complexity index is 1320. The Hall–Kier alpha value is -3.91. The van der Waals surface area contributed by atoms with E-state index in [0.29, 0.717) is 53.2 Å². The van der Waals surface area contributed by atoms with Crippen LogP contribution in [0.3, 0.4) is 0 Å². The number of aryl methyl sites for hydroxylation is 1. The number of aromatic nitrogens is 2. The van der Waals surface area contributed by atoms with Gasteiger partial charge in [-0.15, -0.1) is 0 Å². The lowest BCUT2D eigenvalue weighted by molar-refractivity contribution is 0.0796. The predicted octanol–water partition coefficient (Wildman–Crippen LogP) is 5.56. The highest BCUT2D eigenvalue weighted by Crippen LogP contribution is 2.29. The Labute approximate surface area is 215 Å². The number of amides is 1. The lowest BCUT2D eigenvalue weighted by atomic mass is 10.1. The number of carbonyl (C=O) groups is 1. The summed E-state index contributed by atoms with van der Waals surface area (Å²) in [5.41, 5.74) is 3.67.